The van der Waals surface area contributed by atoms with E-state index in [2.05, 4.69) is 15.6 Å². The Hall–Kier alpha value is -0.940. The van der Waals surface area contributed by atoms with Gasteiger partial charge in [-0.15, -0.1) is 5.10 Å². The van der Waals surface area contributed by atoms with Gasteiger partial charge in [-0.05, 0) is 20.9 Å². The molecule has 0 bridgehead atoms. The first kappa shape index (κ1) is 10.1. The molecule has 1 heterocycles. The Labute approximate surface area is 77.8 Å². The van der Waals surface area contributed by atoms with Crippen molar-refractivity contribution in [3.8, 4) is 0 Å². The van der Waals surface area contributed by atoms with Crippen LogP contribution in [0, 0.1) is 0 Å². The summed E-state index contributed by atoms with van der Waals surface area (Å²) in [7, 11) is 1.79. The van der Waals surface area contributed by atoms with Crippen LogP contribution in [0.1, 0.15) is 31.7 Å². The number of rotatable bonds is 4. The van der Waals surface area contributed by atoms with E-state index in [0.29, 0.717) is 12.2 Å². The summed E-state index contributed by atoms with van der Waals surface area (Å²) in [6.45, 7) is 4.53. The van der Waals surface area contributed by atoms with Crippen LogP contribution in [0.3, 0.4) is 0 Å². The van der Waals surface area contributed by atoms with E-state index in [-0.39, 0.29) is 6.04 Å². The molecule has 13 heavy (non-hydrogen) atoms. The average Bonchev–Trinajstić information content (AvgIpc) is 2.52. The minimum atomic E-state index is -0.572. The van der Waals surface area contributed by atoms with Gasteiger partial charge in [0.1, 0.15) is 11.8 Å². The number of nitrogens with one attached hydrogen (secondary N) is 1. The van der Waals surface area contributed by atoms with Gasteiger partial charge in [0.2, 0.25) is 0 Å². The Morgan fingerprint density at radius 2 is 2.31 bits per heavy atom. The first-order valence-electron chi connectivity index (χ1n) is 4.39. The molecule has 1 aromatic heterocycles. The van der Waals surface area contributed by atoms with E-state index in [0.717, 1.165) is 0 Å². The molecule has 0 amide bonds. The van der Waals surface area contributed by atoms with Gasteiger partial charge in [-0.2, -0.15) is 0 Å². The fourth-order valence-corrected chi connectivity index (χ4v) is 0.993. The summed E-state index contributed by atoms with van der Waals surface area (Å²) in [5.41, 5.74) is 0.614. The molecule has 0 aliphatic carbocycles. The van der Waals surface area contributed by atoms with E-state index in [1.54, 1.807) is 17.9 Å². The molecule has 0 saturated carbocycles. The van der Waals surface area contributed by atoms with E-state index in [1.807, 2.05) is 13.8 Å². The molecule has 1 atom stereocenters. The number of nitrogens with zero attached hydrogens (tertiary/aromatic N) is 3. The summed E-state index contributed by atoms with van der Waals surface area (Å²) in [6.07, 6.45) is 1.20. The van der Waals surface area contributed by atoms with E-state index < -0.39 is 6.10 Å². The van der Waals surface area contributed by atoms with Crippen LogP contribution in [0.5, 0.6) is 0 Å². The third-order valence-electron chi connectivity index (χ3n) is 1.80. The van der Waals surface area contributed by atoms with Crippen molar-refractivity contribution in [3.05, 3.63) is 11.9 Å². The molecule has 0 aliphatic heterocycles. The van der Waals surface area contributed by atoms with Crippen molar-refractivity contribution in [3.63, 3.8) is 0 Å². The Balaban J connectivity index is 2.67. The van der Waals surface area contributed by atoms with Crippen molar-refractivity contribution in [1.29, 1.82) is 0 Å². The maximum Gasteiger partial charge on any atom is 0.112 e. The molecule has 0 saturated heterocycles. The minimum Gasteiger partial charge on any atom is -0.385 e. The normalized spacial score (nSPS) is 13.6. The second kappa shape index (κ2) is 4.34. The average molecular weight is 184 g/mol. The molecular formula is C8H16N4O. The molecule has 1 unspecified atom stereocenters. The molecule has 2 N–H and O–H groups in total. The largest absolute Gasteiger partial charge is 0.385 e. The Morgan fingerprint density at radius 1 is 1.62 bits per heavy atom. The molecule has 1 rings (SSSR count). The molecule has 0 aliphatic rings. The smallest absolute Gasteiger partial charge is 0.112 e. The van der Waals surface area contributed by atoms with Gasteiger partial charge in [0.15, 0.2) is 0 Å². The predicted octanol–water partition coefficient (Wildman–Crippen LogP) is 0.112. The van der Waals surface area contributed by atoms with Crippen LogP contribution in [0.2, 0.25) is 0 Å². The minimum absolute atomic E-state index is 0.281. The highest BCUT2D eigenvalue weighted by Gasteiger charge is 2.11. The summed E-state index contributed by atoms with van der Waals surface area (Å²) in [4.78, 5) is 0. The first-order chi connectivity index (χ1) is 6.15. The van der Waals surface area contributed by atoms with Gasteiger partial charge in [-0.1, -0.05) is 5.21 Å². The topological polar surface area (TPSA) is 63.0 Å². The monoisotopic (exact) mass is 184 g/mol. The molecule has 5 nitrogen and oxygen atoms in total. The third-order valence-corrected chi connectivity index (χ3v) is 1.80. The zero-order chi connectivity index (χ0) is 9.84. The van der Waals surface area contributed by atoms with Gasteiger partial charge >= 0.3 is 0 Å². The summed E-state index contributed by atoms with van der Waals surface area (Å²) in [5, 5.41) is 20.2. The summed E-state index contributed by atoms with van der Waals surface area (Å²) >= 11 is 0. The van der Waals surface area contributed by atoms with Gasteiger partial charge in [-0.3, -0.25) is 0 Å². The molecule has 1 aromatic rings. The second-order valence-corrected chi connectivity index (χ2v) is 3.29. The van der Waals surface area contributed by atoms with Gasteiger partial charge in [0.05, 0.1) is 6.20 Å². The van der Waals surface area contributed by atoms with Crippen molar-refractivity contribution < 1.29 is 5.11 Å². The summed E-state index contributed by atoms with van der Waals surface area (Å²) < 4.78 is 1.73. The fourth-order valence-electron chi connectivity index (χ4n) is 0.993. The van der Waals surface area contributed by atoms with Crippen LogP contribution in [0.15, 0.2) is 6.20 Å². The first-order valence-corrected chi connectivity index (χ1v) is 4.39. The van der Waals surface area contributed by atoms with Crippen molar-refractivity contribution >= 4 is 0 Å². The van der Waals surface area contributed by atoms with E-state index >= 15 is 0 Å². The van der Waals surface area contributed by atoms with Crippen LogP contribution in [0.4, 0.5) is 0 Å². The van der Waals surface area contributed by atoms with Crippen molar-refractivity contribution in [2.24, 2.45) is 0 Å². The van der Waals surface area contributed by atoms with Crippen LogP contribution in [0.25, 0.3) is 0 Å². The highest BCUT2D eigenvalue weighted by atomic mass is 16.3. The lowest BCUT2D eigenvalue weighted by molar-refractivity contribution is 0.173. The predicted molar refractivity (Wildman–Crippen MR) is 49.3 cm³/mol. The number of hydrogen-bond donors (Lipinski definition) is 2. The third kappa shape index (κ3) is 2.50. The molecule has 0 radical (unpaired) electrons. The molecule has 5 heteroatoms. The number of aliphatic hydroxyl groups excluding tert-OH is 1. The van der Waals surface area contributed by atoms with Crippen molar-refractivity contribution in [1.82, 2.24) is 20.3 Å². The highest BCUT2D eigenvalue weighted by molar-refractivity contribution is 4.98. The lowest BCUT2D eigenvalue weighted by Gasteiger charge is -2.05. The second-order valence-electron chi connectivity index (χ2n) is 3.29. The summed E-state index contributed by atoms with van der Waals surface area (Å²) in [6, 6.07) is 0.281. The Kier molecular flexibility index (Phi) is 3.39. The standard InChI is InChI=1S/C8H16N4O/c1-6(2)12-5-7(10-11-12)8(13)4-9-3/h5-6,8-9,13H,4H2,1-3H3. The number of hydrogen-bond acceptors (Lipinski definition) is 4. The van der Waals surface area contributed by atoms with Crippen LogP contribution in [-0.4, -0.2) is 33.7 Å². The SMILES string of the molecule is CNCC(O)c1cn(C(C)C)nn1. The number of likely N-dealkylation sites (N-methyl/N-ethyl adjacent to an activating group) is 1. The quantitative estimate of drug-likeness (QED) is 0.697. The maximum atomic E-state index is 9.54. The Bertz CT molecular complexity index is 258. The van der Waals surface area contributed by atoms with Gasteiger partial charge in [-0.25, -0.2) is 4.68 Å². The van der Waals surface area contributed by atoms with Crippen LogP contribution in [-0.2, 0) is 0 Å². The highest BCUT2D eigenvalue weighted by Crippen LogP contribution is 2.09. The molecule has 74 valence electrons. The van der Waals surface area contributed by atoms with Gasteiger partial charge in [0, 0.05) is 12.6 Å². The van der Waals surface area contributed by atoms with E-state index in [4.69, 9.17) is 0 Å². The van der Waals surface area contributed by atoms with E-state index in [1.165, 1.54) is 0 Å². The van der Waals surface area contributed by atoms with Crippen LogP contribution >= 0.6 is 0 Å². The van der Waals surface area contributed by atoms with Gasteiger partial charge in [0.25, 0.3) is 0 Å². The van der Waals surface area contributed by atoms with Crippen molar-refractivity contribution in [2.45, 2.75) is 26.0 Å². The lowest BCUT2D eigenvalue weighted by atomic mass is 10.3. The zero-order valence-corrected chi connectivity index (χ0v) is 8.23. The maximum absolute atomic E-state index is 9.54. The molecule has 0 fully saturated rings. The van der Waals surface area contributed by atoms with Crippen molar-refractivity contribution in [2.75, 3.05) is 13.6 Å². The van der Waals surface area contributed by atoms with Crippen LogP contribution < -0.4 is 5.32 Å². The lowest BCUT2D eigenvalue weighted by Crippen LogP contribution is -2.16. The zero-order valence-electron chi connectivity index (χ0n) is 8.23. The summed E-state index contributed by atoms with van der Waals surface area (Å²) in [5.74, 6) is 0. The van der Waals surface area contributed by atoms with E-state index in [9.17, 15) is 5.11 Å². The fraction of sp³-hybridized carbons (Fsp3) is 0.750. The molecular weight excluding hydrogens is 168 g/mol. The number of aliphatic hydroxyl groups is 1. The molecule has 0 aromatic carbocycles. The number of aromatic nitrogens is 3. The molecule has 0 spiro atoms. The Morgan fingerprint density at radius 3 is 2.77 bits per heavy atom. The van der Waals surface area contributed by atoms with Gasteiger partial charge < -0.3 is 10.4 Å².